The van der Waals surface area contributed by atoms with Crippen LogP contribution in [0.2, 0.25) is 5.02 Å². The standard InChI is InChI=1S/C13H16ClNO2/c1-15(2)8-12(16)7-10-6-11(14)5-9-3-4-17-13(9)10/h5-6H,3-4,7-8H2,1-2H3. The number of Topliss-reactive ketones (excluding diaryl/α,β-unsaturated/α-hetero) is 1. The molecule has 92 valence electrons. The van der Waals surface area contributed by atoms with Crippen LogP contribution in [0.15, 0.2) is 12.1 Å². The number of fused-ring (bicyclic) bond motifs is 1. The number of benzene rings is 1. The normalized spacial score (nSPS) is 13.6. The number of carbonyl (C=O) groups excluding carboxylic acids is 1. The second-order valence-electron chi connectivity index (χ2n) is 4.60. The van der Waals surface area contributed by atoms with E-state index in [0.29, 0.717) is 24.6 Å². The summed E-state index contributed by atoms with van der Waals surface area (Å²) in [6, 6.07) is 3.75. The van der Waals surface area contributed by atoms with Crippen molar-refractivity contribution in [2.45, 2.75) is 12.8 Å². The predicted octanol–water partition coefficient (Wildman–Crippen LogP) is 1.95. The molecule has 1 aromatic carbocycles. The maximum Gasteiger partial charge on any atom is 0.151 e. The summed E-state index contributed by atoms with van der Waals surface area (Å²) in [6.07, 6.45) is 1.27. The lowest BCUT2D eigenvalue weighted by Gasteiger charge is -2.11. The van der Waals surface area contributed by atoms with E-state index in [1.54, 1.807) is 0 Å². The van der Waals surface area contributed by atoms with Crippen LogP contribution in [0.1, 0.15) is 11.1 Å². The molecule has 0 aliphatic carbocycles. The molecule has 0 N–H and O–H groups in total. The van der Waals surface area contributed by atoms with Crippen LogP contribution in [0.25, 0.3) is 0 Å². The van der Waals surface area contributed by atoms with Crippen molar-refractivity contribution in [1.82, 2.24) is 4.90 Å². The minimum Gasteiger partial charge on any atom is -0.493 e. The summed E-state index contributed by atoms with van der Waals surface area (Å²) in [4.78, 5) is 13.7. The zero-order valence-electron chi connectivity index (χ0n) is 10.1. The van der Waals surface area contributed by atoms with E-state index in [1.165, 1.54) is 0 Å². The van der Waals surface area contributed by atoms with Crippen molar-refractivity contribution < 1.29 is 9.53 Å². The van der Waals surface area contributed by atoms with Crippen LogP contribution in [0.3, 0.4) is 0 Å². The van der Waals surface area contributed by atoms with Gasteiger partial charge in [-0.1, -0.05) is 11.6 Å². The highest BCUT2D eigenvalue weighted by atomic mass is 35.5. The van der Waals surface area contributed by atoms with E-state index in [4.69, 9.17) is 16.3 Å². The Bertz CT molecular complexity index is 443. The van der Waals surface area contributed by atoms with Gasteiger partial charge in [-0.25, -0.2) is 0 Å². The van der Waals surface area contributed by atoms with Crippen molar-refractivity contribution in [3.63, 3.8) is 0 Å². The van der Waals surface area contributed by atoms with Gasteiger partial charge in [0.2, 0.25) is 0 Å². The van der Waals surface area contributed by atoms with Crippen molar-refractivity contribution >= 4 is 17.4 Å². The molecule has 2 rings (SSSR count). The molecule has 0 atom stereocenters. The van der Waals surface area contributed by atoms with Crippen LogP contribution in [-0.2, 0) is 17.6 Å². The lowest BCUT2D eigenvalue weighted by molar-refractivity contribution is -0.119. The van der Waals surface area contributed by atoms with E-state index in [2.05, 4.69) is 0 Å². The molecular formula is C13H16ClNO2. The highest BCUT2D eigenvalue weighted by molar-refractivity contribution is 6.30. The first-order valence-electron chi connectivity index (χ1n) is 5.67. The van der Waals surface area contributed by atoms with Gasteiger partial charge in [0.25, 0.3) is 0 Å². The van der Waals surface area contributed by atoms with Gasteiger partial charge in [-0.05, 0) is 31.8 Å². The quantitative estimate of drug-likeness (QED) is 0.822. The van der Waals surface area contributed by atoms with Crippen molar-refractivity contribution in [2.24, 2.45) is 0 Å². The first-order chi connectivity index (χ1) is 8.06. The largest absolute Gasteiger partial charge is 0.493 e. The summed E-state index contributed by atoms with van der Waals surface area (Å²) in [5.41, 5.74) is 2.03. The Balaban J connectivity index is 2.18. The third-order valence-electron chi connectivity index (χ3n) is 2.71. The molecule has 17 heavy (non-hydrogen) atoms. The number of likely N-dealkylation sites (N-methyl/N-ethyl adjacent to an activating group) is 1. The van der Waals surface area contributed by atoms with E-state index in [0.717, 1.165) is 23.3 Å². The van der Waals surface area contributed by atoms with E-state index in [-0.39, 0.29) is 5.78 Å². The summed E-state index contributed by atoms with van der Waals surface area (Å²) < 4.78 is 5.57. The van der Waals surface area contributed by atoms with Crippen molar-refractivity contribution in [1.29, 1.82) is 0 Å². The molecule has 0 bridgehead atoms. The Hall–Kier alpha value is -1.06. The third-order valence-corrected chi connectivity index (χ3v) is 2.92. The lowest BCUT2D eigenvalue weighted by Crippen LogP contribution is -2.23. The zero-order chi connectivity index (χ0) is 12.4. The van der Waals surface area contributed by atoms with Gasteiger partial charge in [0.05, 0.1) is 13.2 Å². The highest BCUT2D eigenvalue weighted by Gasteiger charge is 2.19. The molecular weight excluding hydrogens is 238 g/mol. The van der Waals surface area contributed by atoms with Crippen LogP contribution in [-0.4, -0.2) is 37.9 Å². The lowest BCUT2D eigenvalue weighted by atomic mass is 10.0. The Labute approximate surface area is 106 Å². The molecule has 0 radical (unpaired) electrons. The predicted molar refractivity (Wildman–Crippen MR) is 67.9 cm³/mol. The molecule has 0 amide bonds. The fourth-order valence-electron chi connectivity index (χ4n) is 2.10. The summed E-state index contributed by atoms with van der Waals surface area (Å²) in [5.74, 6) is 1.04. The summed E-state index contributed by atoms with van der Waals surface area (Å²) in [5, 5.41) is 0.682. The van der Waals surface area contributed by atoms with Gasteiger partial charge in [-0.15, -0.1) is 0 Å². The monoisotopic (exact) mass is 253 g/mol. The molecule has 1 aromatic rings. The number of hydrogen-bond donors (Lipinski definition) is 0. The Morgan fingerprint density at radius 2 is 2.24 bits per heavy atom. The van der Waals surface area contributed by atoms with Crippen molar-refractivity contribution in [2.75, 3.05) is 27.2 Å². The second-order valence-corrected chi connectivity index (χ2v) is 5.04. The first kappa shape index (κ1) is 12.4. The molecule has 0 aromatic heterocycles. The van der Waals surface area contributed by atoms with Gasteiger partial charge in [0, 0.05) is 23.4 Å². The second kappa shape index (κ2) is 5.07. The zero-order valence-corrected chi connectivity index (χ0v) is 10.9. The third kappa shape index (κ3) is 2.99. The molecule has 0 saturated heterocycles. The fourth-order valence-corrected chi connectivity index (χ4v) is 2.36. The molecule has 0 unspecified atom stereocenters. The van der Waals surface area contributed by atoms with Crippen LogP contribution in [0.4, 0.5) is 0 Å². The molecule has 1 aliphatic rings. The Morgan fingerprint density at radius 3 is 2.94 bits per heavy atom. The maximum absolute atomic E-state index is 11.8. The van der Waals surface area contributed by atoms with E-state index >= 15 is 0 Å². The van der Waals surface area contributed by atoms with E-state index in [9.17, 15) is 4.79 Å². The number of rotatable bonds is 4. The van der Waals surface area contributed by atoms with Gasteiger partial charge in [0.1, 0.15) is 5.75 Å². The number of hydrogen-bond acceptors (Lipinski definition) is 3. The number of ketones is 1. The summed E-state index contributed by atoms with van der Waals surface area (Å²) in [6.45, 7) is 1.13. The average Bonchev–Trinajstić information content (AvgIpc) is 2.63. The van der Waals surface area contributed by atoms with Gasteiger partial charge >= 0.3 is 0 Å². The van der Waals surface area contributed by atoms with Crippen LogP contribution < -0.4 is 4.74 Å². The van der Waals surface area contributed by atoms with E-state index in [1.807, 2.05) is 31.1 Å². The number of nitrogens with zero attached hydrogens (tertiary/aromatic N) is 1. The topological polar surface area (TPSA) is 29.5 Å². The van der Waals surface area contributed by atoms with Gasteiger partial charge in [-0.2, -0.15) is 0 Å². The average molecular weight is 254 g/mol. The number of ether oxygens (including phenoxy) is 1. The summed E-state index contributed by atoms with van der Waals surface area (Å²) >= 11 is 6.04. The fraction of sp³-hybridized carbons (Fsp3) is 0.462. The van der Waals surface area contributed by atoms with Gasteiger partial charge in [0.15, 0.2) is 5.78 Å². The summed E-state index contributed by atoms with van der Waals surface area (Å²) in [7, 11) is 3.77. The smallest absolute Gasteiger partial charge is 0.151 e. The Morgan fingerprint density at radius 1 is 1.47 bits per heavy atom. The minimum atomic E-state index is 0.176. The molecule has 0 spiro atoms. The molecule has 0 fully saturated rings. The molecule has 1 heterocycles. The highest BCUT2D eigenvalue weighted by Crippen LogP contribution is 2.33. The van der Waals surface area contributed by atoms with Crippen LogP contribution in [0, 0.1) is 0 Å². The molecule has 4 heteroatoms. The molecule has 1 aliphatic heterocycles. The number of carbonyl (C=O) groups is 1. The van der Waals surface area contributed by atoms with Crippen LogP contribution >= 0.6 is 11.6 Å². The first-order valence-corrected chi connectivity index (χ1v) is 6.04. The minimum absolute atomic E-state index is 0.176. The number of halogens is 1. The Kier molecular flexibility index (Phi) is 3.69. The molecule has 0 saturated carbocycles. The molecule has 3 nitrogen and oxygen atoms in total. The van der Waals surface area contributed by atoms with Crippen molar-refractivity contribution in [3.05, 3.63) is 28.3 Å². The van der Waals surface area contributed by atoms with E-state index < -0.39 is 0 Å². The van der Waals surface area contributed by atoms with Gasteiger partial charge < -0.3 is 9.64 Å². The van der Waals surface area contributed by atoms with Gasteiger partial charge in [-0.3, -0.25) is 4.79 Å². The SMILES string of the molecule is CN(C)CC(=O)Cc1cc(Cl)cc2c1OCC2. The van der Waals surface area contributed by atoms with Crippen LogP contribution in [0.5, 0.6) is 5.75 Å². The van der Waals surface area contributed by atoms with Crippen molar-refractivity contribution in [3.8, 4) is 5.75 Å². The maximum atomic E-state index is 11.8.